The number of rotatable bonds is 3. The number of halogens is 1. The predicted octanol–water partition coefficient (Wildman–Crippen LogP) is 4.28. The molecule has 2 aromatic rings. The van der Waals surface area contributed by atoms with Gasteiger partial charge >= 0.3 is 5.97 Å². The van der Waals surface area contributed by atoms with Crippen LogP contribution in [0.1, 0.15) is 42.7 Å². The SMILES string of the molecule is COC(=O)C1C(C)=NC2=C(C(=O)C[C@H](c3ccc(F)cc3)C2)[C@@H]1c1ccc(O)cc1. The third-order valence-electron chi connectivity index (χ3n) is 5.94. The molecule has 154 valence electrons. The molecule has 1 unspecified atom stereocenters. The Hall–Kier alpha value is -3.28. The molecule has 0 amide bonds. The van der Waals surface area contributed by atoms with Crippen molar-refractivity contribution in [1.82, 2.24) is 0 Å². The van der Waals surface area contributed by atoms with E-state index in [9.17, 15) is 19.1 Å². The van der Waals surface area contributed by atoms with Crippen LogP contribution in [0.15, 0.2) is 64.8 Å². The van der Waals surface area contributed by atoms with Crippen molar-refractivity contribution < 1.29 is 23.8 Å². The molecule has 30 heavy (non-hydrogen) atoms. The quantitative estimate of drug-likeness (QED) is 0.771. The molecule has 0 saturated carbocycles. The van der Waals surface area contributed by atoms with Gasteiger partial charge in [-0.15, -0.1) is 0 Å². The lowest BCUT2D eigenvalue weighted by molar-refractivity contribution is -0.143. The van der Waals surface area contributed by atoms with Gasteiger partial charge in [-0.1, -0.05) is 24.3 Å². The zero-order valence-corrected chi connectivity index (χ0v) is 16.8. The van der Waals surface area contributed by atoms with Gasteiger partial charge in [0.2, 0.25) is 0 Å². The predicted molar refractivity (Wildman–Crippen MR) is 110 cm³/mol. The monoisotopic (exact) mass is 407 g/mol. The standard InChI is InChI=1S/C24H22FNO4/c1-13-21(24(29)30-2)22(15-5-9-18(27)10-6-15)23-19(26-13)11-16(12-20(23)28)14-3-7-17(25)8-4-14/h3-10,16,21-22,27H,11-12H2,1-2H3/t16-,21?,22-/m1/s1. The van der Waals surface area contributed by atoms with Crippen LogP contribution in [0.2, 0.25) is 0 Å². The summed E-state index contributed by atoms with van der Waals surface area (Å²) in [5, 5.41) is 9.67. The molecule has 0 spiro atoms. The van der Waals surface area contributed by atoms with Crippen LogP contribution >= 0.6 is 0 Å². The summed E-state index contributed by atoms with van der Waals surface area (Å²) in [6.07, 6.45) is 0.800. The highest BCUT2D eigenvalue weighted by Crippen LogP contribution is 2.46. The number of phenolic OH excluding ortho intramolecular Hbond substituents is 1. The van der Waals surface area contributed by atoms with Crippen LogP contribution in [0.5, 0.6) is 5.75 Å². The van der Waals surface area contributed by atoms with Gasteiger partial charge in [0.25, 0.3) is 0 Å². The number of Topliss-reactive ketones (excluding diaryl/α,β-unsaturated/α-hetero) is 1. The number of carbonyl (C=O) groups excluding carboxylic acids is 2. The van der Waals surface area contributed by atoms with Gasteiger partial charge in [-0.05, 0) is 54.7 Å². The van der Waals surface area contributed by atoms with Crippen molar-refractivity contribution in [2.24, 2.45) is 10.9 Å². The number of phenols is 1. The molecular weight excluding hydrogens is 385 g/mol. The Morgan fingerprint density at radius 3 is 2.33 bits per heavy atom. The molecule has 1 heterocycles. The third kappa shape index (κ3) is 3.54. The number of aliphatic imine (C=N–C) groups is 1. The summed E-state index contributed by atoms with van der Waals surface area (Å²) >= 11 is 0. The number of hydrogen-bond acceptors (Lipinski definition) is 5. The van der Waals surface area contributed by atoms with E-state index in [4.69, 9.17) is 4.74 Å². The molecule has 0 radical (unpaired) electrons. The lowest BCUT2D eigenvalue weighted by Crippen LogP contribution is -2.37. The van der Waals surface area contributed by atoms with Gasteiger partial charge in [0.1, 0.15) is 17.5 Å². The summed E-state index contributed by atoms with van der Waals surface area (Å²) in [6.45, 7) is 1.77. The van der Waals surface area contributed by atoms with Gasteiger partial charge in [0.05, 0.1) is 7.11 Å². The van der Waals surface area contributed by atoms with E-state index in [1.54, 1.807) is 43.3 Å². The summed E-state index contributed by atoms with van der Waals surface area (Å²) < 4.78 is 18.3. The largest absolute Gasteiger partial charge is 0.508 e. The Kier molecular flexibility index (Phi) is 5.24. The Morgan fingerprint density at radius 2 is 1.70 bits per heavy atom. The van der Waals surface area contributed by atoms with E-state index in [2.05, 4.69) is 4.99 Å². The van der Waals surface area contributed by atoms with Crippen molar-refractivity contribution in [3.05, 3.63) is 76.7 Å². The van der Waals surface area contributed by atoms with Crippen LogP contribution in [-0.2, 0) is 14.3 Å². The maximum atomic E-state index is 13.3. The number of ether oxygens (including phenoxy) is 1. The first-order chi connectivity index (χ1) is 14.4. The minimum Gasteiger partial charge on any atom is -0.508 e. The van der Waals surface area contributed by atoms with Crippen molar-refractivity contribution >= 4 is 17.5 Å². The minimum absolute atomic E-state index is 0.0752. The molecule has 1 aliphatic carbocycles. The lowest BCUT2D eigenvalue weighted by atomic mass is 9.69. The molecule has 3 atom stereocenters. The highest BCUT2D eigenvalue weighted by molar-refractivity contribution is 6.09. The Labute approximate surface area is 173 Å². The van der Waals surface area contributed by atoms with Crippen molar-refractivity contribution in [2.45, 2.75) is 31.6 Å². The van der Waals surface area contributed by atoms with Crippen molar-refractivity contribution in [1.29, 1.82) is 0 Å². The fourth-order valence-electron chi connectivity index (χ4n) is 4.50. The number of ketones is 1. The first-order valence-electron chi connectivity index (χ1n) is 9.82. The second-order valence-corrected chi connectivity index (χ2v) is 7.76. The van der Waals surface area contributed by atoms with Gasteiger partial charge in [-0.25, -0.2) is 4.39 Å². The molecule has 2 aromatic carbocycles. The van der Waals surface area contributed by atoms with Crippen LogP contribution < -0.4 is 0 Å². The third-order valence-corrected chi connectivity index (χ3v) is 5.94. The first-order valence-corrected chi connectivity index (χ1v) is 9.82. The zero-order chi connectivity index (χ0) is 21.4. The number of hydrogen-bond donors (Lipinski definition) is 1. The summed E-state index contributed by atoms with van der Waals surface area (Å²) in [7, 11) is 1.32. The number of aromatic hydroxyl groups is 1. The topological polar surface area (TPSA) is 76.0 Å². The molecular formula is C24H22FNO4. The van der Waals surface area contributed by atoms with E-state index in [1.165, 1.54) is 19.2 Å². The second-order valence-electron chi connectivity index (χ2n) is 7.76. The van der Waals surface area contributed by atoms with E-state index in [-0.39, 0.29) is 29.7 Å². The second kappa shape index (κ2) is 7.86. The molecule has 5 nitrogen and oxygen atoms in total. The van der Waals surface area contributed by atoms with Gasteiger partial charge in [-0.2, -0.15) is 0 Å². The molecule has 1 aliphatic heterocycles. The summed E-state index contributed by atoms with van der Waals surface area (Å²) in [6, 6.07) is 12.7. The maximum Gasteiger partial charge on any atom is 0.315 e. The van der Waals surface area contributed by atoms with E-state index in [0.717, 1.165) is 11.1 Å². The van der Waals surface area contributed by atoms with E-state index in [1.807, 2.05) is 0 Å². The van der Waals surface area contributed by atoms with Crippen LogP contribution in [0.3, 0.4) is 0 Å². The summed E-state index contributed by atoms with van der Waals surface area (Å²) in [5.74, 6) is -2.06. The van der Waals surface area contributed by atoms with Gasteiger partial charge in [0, 0.05) is 29.3 Å². The van der Waals surface area contributed by atoms with Crippen LogP contribution in [-0.4, -0.2) is 29.7 Å². The van der Waals surface area contributed by atoms with Crippen LogP contribution in [0.4, 0.5) is 4.39 Å². The Morgan fingerprint density at radius 1 is 1.07 bits per heavy atom. The first kappa shape index (κ1) is 20.0. The molecule has 6 heteroatoms. The molecule has 0 saturated heterocycles. The van der Waals surface area contributed by atoms with E-state index in [0.29, 0.717) is 23.4 Å². The summed E-state index contributed by atoms with van der Waals surface area (Å²) in [5.41, 5.74) is 3.42. The number of esters is 1. The highest BCUT2D eigenvalue weighted by Gasteiger charge is 2.44. The molecule has 4 rings (SSSR count). The fourth-order valence-corrected chi connectivity index (χ4v) is 4.50. The lowest BCUT2D eigenvalue weighted by Gasteiger charge is -2.36. The average molecular weight is 407 g/mol. The molecule has 1 N–H and O–H groups in total. The Bertz CT molecular complexity index is 1050. The van der Waals surface area contributed by atoms with Crippen molar-refractivity contribution in [2.75, 3.05) is 7.11 Å². The van der Waals surface area contributed by atoms with Crippen LogP contribution in [0, 0.1) is 11.7 Å². The Balaban J connectivity index is 1.79. The molecule has 2 aliphatic rings. The number of allylic oxidation sites excluding steroid dienone is 2. The highest BCUT2D eigenvalue weighted by atomic mass is 19.1. The van der Waals surface area contributed by atoms with Crippen molar-refractivity contribution in [3.63, 3.8) is 0 Å². The molecule has 0 bridgehead atoms. The smallest absolute Gasteiger partial charge is 0.315 e. The molecule has 0 fully saturated rings. The molecule has 0 aromatic heterocycles. The van der Waals surface area contributed by atoms with Crippen molar-refractivity contribution in [3.8, 4) is 5.75 Å². The summed E-state index contributed by atoms with van der Waals surface area (Å²) in [4.78, 5) is 30.5. The average Bonchev–Trinajstić information content (AvgIpc) is 2.73. The van der Waals surface area contributed by atoms with Gasteiger partial charge in [-0.3, -0.25) is 14.6 Å². The van der Waals surface area contributed by atoms with Gasteiger partial charge in [0.15, 0.2) is 5.78 Å². The van der Waals surface area contributed by atoms with Crippen LogP contribution in [0.25, 0.3) is 0 Å². The van der Waals surface area contributed by atoms with Gasteiger partial charge < -0.3 is 9.84 Å². The van der Waals surface area contributed by atoms with E-state index >= 15 is 0 Å². The zero-order valence-electron chi connectivity index (χ0n) is 16.8. The minimum atomic E-state index is -0.704. The maximum absolute atomic E-state index is 13.3. The number of nitrogens with zero attached hydrogens (tertiary/aromatic N) is 1. The number of benzene rings is 2. The number of methoxy groups -OCH3 is 1. The number of carbonyl (C=O) groups is 2. The fraction of sp³-hybridized carbons (Fsp3) is 0.292. The normalized spacial score (nSPS) is 23.6. The van der Waals surface area contributed by atoms with E-state index < -0.39 is 17.8 Å².